The lowest BCUT2D eigenvalue weighted by Crippen LogP contribution is -2.43. The molecule has 0 aliphatic rings. The third-order valence-corrected chi connectivity index (χ3v) is 3.03. The smallest absolute Gasteiger partial charge is 0.328 e. The van der Waals surface area contributed by atoms with Crippen LogP contribution in [0, 0.1) is 6.92 Å². The molecule has 0 radical (unpaired) electrons. The van der Waals surface area contributed by atoms with Crippen LogP contribution in [0.3, 0.4) is 0 Å². The summed E-state index contributed by atoms with van der Waals surface area (Å²) in [4.78, 5) is 37.7. The third kappa shape index (κ3) is 5.04. The maximum atomic E-state index is 11.7. The minimum atomic E-state index is -1.19. The summed E-state index contributed by atoms with van der Waals surface area (Å²) in [5.41, 5.74) is 0.582. The number of nitrogens with one attached hydrogen (secondary N) is 1. The van der Waals surface area contributed by atoms with Gasteiger partial charge in [0.1, 0.15) is 6.04 Å². The van der Waals surface area contributed by atoms with Crippen molar-refractivity contribution in [2.75, 3.05) is 7.11 Å². The lowest BCUT2D eigenvalue weighted by molar-refractivity contribution is -0.149. The molecule has 0 aliphatic carbocycles. The Morgan fingerprint density at radius 2 is 2.21 bits per heavy atom. The van der Waals surface area contributed by atoms with Crippen LogP contribution in [0.2, 0.25) is 0 Å². The fourth-order valence-corrected chi connectivity index (χ4v) is 2.02. The molecule has 1 aromatic heterocycles. The summed E-state index contributed by atoms with van der Waals surface area (Å²) in [6.45, 7) is 1.81. The first kappa shape index (κ1) is 15.1. The number of amides is 1. The van der Waals surface area contributed by atoms with E-state index in [1.54, 1.807) is 5.38 Å². The van der Waals surface area contributed by atoms with E-state index < -0.39 is 30.3 Å². The van der Waals surface area contributed by atoms with E-state index in [1.807, 2.05) is 6.92 Å². The van der Waals surface area contributed by atoms with Crippen LogP contribution in [0.15, 0.2) is 5.38 Å². The topological polar surface area (TPSA) is 106 Å². The number of carboxylic acid groups (broad SMARTS) is 1. The number of carboxylic acids is 1. The number of carbonyl (C=O) groups excluding carboxylic acids is 2. The summed E-state index contributed by atoms with van der Waals surface area (Å²) < 4.78 is 4.44. The van der Waals surface area contributed by atoms with Gasteiger partial charge in [-0.25, -0.2) is 9.78 Å². The molecule has 19 heavy (non-hydrogen) atoms. The summed E-state index contributed by atoms with van der Waals surface area (Å²) in [5.74, 6) is -2.45. The largest absolute Gasteiger partial charge is 0.481 e. The van der Waals surface area contributed by atoms with Crippen LogP contribution < -0.4 is 5.32 Å². The van der Waals surface area contributed by atoms with Gasteiger partial charge in [-0.2, -0.15) is 0 Å². The van der Waals surface area contributed by atoms with E-state index in [1.165, 1.54) is 11.3 Å². The van der Waals surface area contributed by atoms with Crippen LogP contribution in [0.4, 0.5) is 0 Å². The molecule has 1 rings (SSSR count). The summed E-state index contributed by atoms with van der Waals surface area (Å²) in [7, 11) is 1.13. The Morgan fingerprint density at radius 3 is 2.68 bits per heavy atom. The van der Waals surface area contributed by atoms with Gasteiger partial charge < -0.3 is 15.2 Å². The van der Waals surface area contributed by atoms with Crippen molar-refractivity contribution in [3.63, 3.8) is 0 Å². The molecule has 8 heteroatoms. The van der Waals surface area contributed by atoms with Gasteiger partial charge in [-0.1, -0.05) is 0 Å². The standard InChI is InChI=1S/C11H14N2O5S/c1-6-12-7(5-19-6)3-9(14)13-8(4-10(15)16)11(17)18-2/h5,8H,3-4H2,1-2H3,(H,13,14)(H,15,16). The molecule has 7 nitrogen and oxygen atoms in total. The van der Waals surface area contributed by atoms with E-state index in [2.05, 4.69) is 15.0 Å². The predicted octanol–water partition coefficient (Wildman–Crippen LogP) is 0.127. The molecule has 1 heterocycles. The van der Waals surface area contributed by atoms with Gasteiger partial charge in [0.05, 0.1) is 30.7 Å². The molecule has 1 aromatic rings. The highest BCUT2D eigenvalue weighted by atomic mass is 32.1. The number of aliphatic carboxylic acids is 1. The average Bonchev–Trinajstić information content (AvgIpc) is 2.72. The first-order valence-corrected chi connectivity index (χ1v) is 6.30. The van der Waals surface area contributed by atoms with Crippen molar-refractivity contribution in [3.8, 4) is 0 Å². The Kier molecular flexibility index (Phi) is 5.43. The van der Waals surface area contributed by atoms with Crippen molar-refractivity contribution in [2.24, 2.45) is 0 Å². The van der Waals surface area contributed by atoms with Gasteiger partial charge in [0, 0.05) is 5.38 Å². The highest BCUT2D eigenvalue weighted by Gasteiger charge is 2.24. The van der Waals surface area contributed by atoms with Crippen LogP contribution in [0.25, 0.3) is 0 Å². The van der Waals surface area contributed by atoms with Gasteiger partial charge in [-0.3, -0.25) is 9.59 Å². The van der Waals surface area contributed by atoms with Crippen molar-refractivity contribution in [1.82, 2.24) is 10.3 Å². The molecule has 1 amide bonds. The van der Waals surface area contributed by atoms with E-state index in [9.17, 15) is 14.4 Å². The quantitative estimate of drug-likeness (QED) is 0.720. The first-order valence-electron chi connectivity index (χ1n) is 5.42. The fourth-order valence-electron chi connectivity index (χ4n) is 1.41. The molecule has 1 atom stereocenters. The normalized spacial score (nSPS) is 11.7. The second-order valence-electron chi connectivity index (χ2n) is 3.78. The van der Waals surface area contributed by atoms with Gasteiger partial charge in [-0.15, -0.1) is 11.3 Å². The lowest BCUT2D eigenvalue weighted by Gasteiger charge is -2.13. The van der Waals surface area contributed by atoms with E-state index in [4.69, 9.17) is 5.11 Å². The maximum absolute atomic E-state index is 11.7. The van der Waals surface area contributed by atoms with Crippen molar-refractivity contribution in [2.45, 2.75) is 25.8 Å². The highest BCUT2D eigenvalue weighted by Crippen LogP contribution is 2.08. The number of hydrogen-bond donors (Lipinski definition) is 2. The summed E-state index contributed by atoms with van der Waals surface area (Å²) in [6, 6.07) is -1.19. The van der Waals surface area contributed by atoms with Gasteiger partial charge in [0.2, 0.25) is 5.91 Å². The summed E-state index contributed by atoms with van der Waals surface area (Å²) in [5, 5.41) is 13.6. The molecular weight excluding hydrogens is 272 g/mol. The molecule has 1 unspecified atom stereocenters. The summed E-state index contributed by atoms with van der Waals surface area (Å²) in [6.07, 6.45) is -0.522. The molecule has 0 aliphatic heterocycles. The van der Waals surface area contributed by atoms with E-state index >= 15 is 0 Å². The molecule has 0 fully saturated rings. The number of aryl methyl sites for hydroxylation is 1. The first-order chi connectivity index (χ1) is 8.92. The number of hydrogen-bond acceptors (Lipinski definition) is 6. The Bertz CT molecular complexity index is 485. The number of carbonyl (C=O) groups is 3. The minimum absolute atomic E-state index is 0.00253. The molecule has 2 N–H and O–H groups in total. The zero-order chi connectivity index (χ0) is 14.4. The Balaban J connectivity index is 2.60. The zero-order valence-electron chi connectivity index (χ0n) is 10.5. The number of ether oxygens (including phenoxy) is 1. The van der Waals surface area contributed by atoms with Gasteiger partial charge in [0.15, 0.2) is 0 Å². The van der Waals surface area contributed by atoms with E-state index in [0.717, 1.165) is 12.1 Å². The van der Waals surface area contributed by atoms with Gasteiger partial charge >= 0.3 is 11.9 Å². The maximum Gasteiger partial charge on any atom is 0.328 e. The van der Waals surface area contributed by atoms with Crippen LogP contribution >= 0.6 is 11.3 Å². The fraction of sp³-hybridized carbons (Fsp3) is 0.455. The molecule has 0 saturated heterocycles. The number of nitrogens with zero attached hydrogens (tertiary/aromatic N) is 1. The van der Waals surface area contributed by atoms with Crippen molar-refractivity contribution < 1.29 is 24.2 Å². The third-order valence-electron chi connectivity index (χ3n) is 2.21. The molecule has 104 valence electrons. The van der Waals surface area contributed by atoms with E-state index in [0.29, 0.717) is 5.69 Å². The van der Waals surface area contributed by atoms with Crippen LogP contribution in [-0.4, -0.2) is 41.1 Å². The lowest BCUT2D eigenvalue weighted by atomic mass is 10.2. The second kappa shape index (κ2) is 6.83. The van der Waals surface area contributed by atoms with Gasteiger partial charge in [-0.05, 0) is 6.92 Å². The number of methoxy groups -OCH3 is 1. The molecule has 0 aromatic carbocycles. The van der Waals surface area contributed by atoms with Crippen molar-refractivity contribution >= 4 is 29.2 Å². The highest BCUT2D eigenvalue weighted by molar-refractivity contribution is 7.09. The van der Waals surface area contributed by atoms with Crippen LogP contribution in [0.5, 0.6) is 0 Å². The molecule has 0 bridgehead atoms. The SMILES string of the molecule is COC(=O)C(CC(=O)O)NC(=O)Cc1csc(C)n1. The minimum Gasteiger partial charge on any atom is -0.481 e. The van der Waals surface area contributed by atoms with Crippen molar-refractivity contribution in [3.05, 3.63) is 16.1 Å². The summed E-state index contributed by atoms with van der Waals surface area (Å²) >= 11 is 1.41. The average molecular weight is 286 g/mol. The molecule has 0 spiro atoms. The Labute approximate surface area is 113 Å². The Hall–Kier alpha value is -1.96. The van der Waals surface area contributed by atoms with Crippen molar-refractivity contribution in [1.29, 1.82) is 0 Å². The second-order valence-corrected chi connectivity index (χ2v) is 4.84. The number of thiazole rings is 1. The molecule has 0 saturated carbocycles. The molecular formula is C11H14N2O5S. The Morgan fingerprint density at radius 1 is 1.53 bits per heavy atom. The van der Waals surface area contributed by atoms with Gasteiger partial charge in [0.25, 0.3) is 0 Å². The number of aromatic nitrogens is 1. The number of rotatable bonds is 6. The van der Waals surface area contributed by atoms with Crippen LogP contribution in [-0.2, 0) is 25.5 Å². The zero-order valence-corrected chi connectivity index (χ0v) is 11.3. The monoisotopic (exact) mass is 286 g/mol. The van der Waals surface area contributed by atoms with Crippen LogP contribution in [0.1, 0.15) is 17.1 Å². The predicted molar refractivity (Wildman–Crippen MR) is 66.8 cm³/mol. The number of esters is 1. The van der Waals surface area contributed by atoms with E-state index in [-0.39, 0.29) is 6.42 Å².